The predicted molar refractivity (Wildman–Crippen MR) is 140 cm³/mol. The van der Waals surface area contributed by atoms with E-state index in [9.17, 15) is 0 Å². The van der Waals surface area contributed by atoms with Crippen molar-refractivity contribution in [2.24, 2.45) is 0 Å². The minimum atomic E-state index is 0.640. The van der Waals surface area contributed by atoms with Gasteiger partial charge in [0.2, 0.25) is 0 Å². The van der Waals surface area contributed by atoms with Gasteiger partial charge >= 0.3 is 0 Å². The van der Waals surface area contributed by atoms with Gasteiger partial charge in [0.05, 0.1) is 0 Å². The van der Waals surface area contributed by atoms with E-state index in [2.05, 4.69) is 43.0 Å². The quantitative estimate of drug-likeness (QED) is 0.148. The fraction of sp³-hybridized carbons (Fsp3) is 0.931. The molecule has 1 atom stereocenters. The number of hydrogen-bond acceptors (Lipinski definition) is 2. The average Bonchev–Trinajstić information content (AvgIpc) is 3.16. The van der Waals surface area contributed by atoms with Crippen LogP contribution in [-0.4, -0.2) is 29.1 Å². The summed E-state index contributed by atoms with van der Waals surface area (Å²) < 4.78 is 0. The van der Waals surface area contributed by atoms with E-state index in [0.717, 1.165) is 0 Å². The Morgan fingerprint density at radius 2 is 0.806 bits per heavy atom. The van der Waals surface area contributed by atoms with Crippen LogP contribution in [0.1, 0.15) is 156 Å². The zero-order valence-corrected chi connectivity index (χ0v) is 21.9. The summed E-state index contributed by atoms with van der Waals surface area (Å²) in [6.07, 6.45) is 35.3. The van der Waals surface area contributed by atoms with Gasteiger partial charge in [0.15, 0.2) is 0 Å². The molecule has 0 aromatic carbocycles. The van der Waals surface area contributed by atoms with Crippen LogP contribution in [0, 0.1) is 0 Å². The topological polar surface area (TPSA) is 6.48 Å². The second-order valence-corrected chi connectivity index (χ2v) is 10.1. The van der Waals surface area contributed by atoms with Crippen LogP contribution in [0.5, 0.6) is 0 Å². The van der Waals surface area contributed by atoms with Crippen molar-refractivity contribution < 1.29 is 0 Å². The predicted octanol–water partition coefficient (Wildman–Crippen LogP) is 9.65. The van der Waals surface area contributed by atoms with Gasteiger partial charge in [0, 0.05) is 25.5 Å². The maximum absolute atomic E-state index is 2.62. The van der Waals surface area contributed by atoms with Crippen molar-refractivity contribution in [1.82, 2.24) is 9.80 Å². The molecule has 1 rings (SSSR count). The van der Waals surface area contributed by atoms with Crippen molar-refractivity contribution in [2.45, 2.75) is 162 Å². The lowest BCUT2D eigenvalue weighted by molar-refractivity contribution is 0.138. The Bertz CT molecular complexity index is 392. The minimum Gasteiger partial charge on any atom is -0.356 e. The Labute approximate surface area is 197 Å². The highest BCUT2D eigenvalue weighted by molar-refractivity contribution is 4.96. The molecule has 1 aliphatic heterocycles. The molecule has 0 N–H and O–H groups in total. The summed E-state index contributed by atoms with van der Waals surface area (Å²) in [5.41, 5.74) is 0. The Hall–Kier alpha value is -0.660. The lowest BCUT2D eigenvalue weighted by Crippen LogP contribution is -2.39. The molecule has 0 aromatic rings. The fourth-order valence-corrected chi connectivity index (χ4v) is 5.00. The van der Waals surface area contributed by atoms with Crippen molar-refractivity contribution >= 4 is 0 Å². The standard InChI is InChI=1S/C29H58N2/c1-4-7-9-10-11-12-13-14-15-16-17-18-19-20-21-22-23-26-31-28-27-30(25-6-3)29(31)24-8-5-2/h27-29H,4-26H2,1-3H3. The van der Waals surface area contributed by atoms with E-state index in [0.29, 0.717) is 6.17 Å². The van der Waals surface area contributed by atoms with E-state index in [-0.39, 0.29) is 0 Å². The van der Waals surface area contributed by atoms with Crippen LogP contribution in [0.25, 0.3) is 0 Å². The first kappa shape index (κ1) is 28.4. The molecule has 1 aliphatic rings. The summed E-state index contributed by atoms with van der Waals surface area (Å²) >= 11 is 0. The van der Waals surface area contributed by atoms with Crippen LogP contribution in [0.4, 0.5) is 0 Å². The lowest BCUT2D eigenvalue weighted by Gasteiger charge is -2.33. The fourth-order valence-electron chi connectivity index (χ4n) is 5.00. The highest BCUT2D eigenvalue weighted by Gasteiger charge is 2.24. The molecule has 0 fully saturated rings. The van der Waals surface area contributed by atoms with Crippen LogP contribution >= 0.6 is 0 Å². The third kappa shape index (κ3) is 14.9. The molecule has 1 heterocycles. The van der Waals surface area contributed by atoms with Gasteiger partial charge < -0.3 is 9.80 Å². The van der Waals surface area contributed by atoms with Gasteiger partial charge in [0.25, 0.3) is 0 Å². The smallest absolute Gasteiger partial charge is 0.101 e. The van der Waals surface area contributed by atoms with Crippen molar-refractivity contribution in [3.8, 4) is 0 Å². The third-order valence-corrected chi connectivity index (χ3v) is 7.03. The van der Waals surface area contributed by atoms with E-state index in [1.165, 1.54) is 148 Å². The van der Waals surface area contributed by atoms with Gasteiger partial charge in [-0.05, 0) is 25.7 Å². The lowest BCUT2D eigenvalue weighted by atomic mass is 10.0. The van der Waals surface area contributed by atoms with Crippen molar-refractivity contribution in [3.63, 3.8) is 0 Å². The van der Waals surface area contributed by atoms with E-state index in [1.54, 1.807) is 0 Å². The summed E-state index contributed by atoms with van der Waals surface area (Å²) in [6, 6.07) is 0. The molecule has 0 saturated heterocycles. The second-order valence-electron chi connectivity index (χ2n) is 10.1. The van der Waals surface area contributed by atoms with Gasteiger partial charge in [-0.25, -0.2) is 0 Å². The Balaban J connectivity index is 1.87. The maximum atomic E-state index is 2.62. The van der Waals surface area contributed by atoms with Crippen LogP contribution in [0.3, 0.4) is 0 Å². The molecule has 0 saturated carbocycles. The van der Waals surface area contributed by atoms with Crippen LogP contribution < -0.4 is 0 Å². The molecule has 0 aliphatic carbocycles. The molecule has 0 radical (unpaired) electrons. The molecule has 0 bridgehead atoms. The summed E-state index contributed by atoms with van der Waals surface area (Å²) in [4.78, 5) is 5.19. The molecule has 2 heteroatoms. The van der Waals surface area contributed by atoms with Crippen LogP contribution in [-0.2, 0) is 0 Å². The summed E-state index contributed by atoms with van der Waals surface area (Å²) in [7, 11) is 0. The highest BCUT2D eigenvalue weighted by atomic mass is 15.4. The number of unbranched alkanes of at least 4 members (excludes halogenated alkanes) is 17. The Morgan fingerprint density at radius 1 is 0.419 bits per heavy atom. The Kier molecular flexibility index (Phi) is 19.4. The van der Waals surface area contributed by atoms with E-state index in [4.69, 9.17) is 0 Å². The van der Waals surface area contributed by atoms with E-state index < -0.39 is 0 Å². The van der Waals surface area contributed by atoms with Gasteiger partial charge in [0.1, 0.15) is 6.17 Å². The molecule has 2 nitrogen and oxygen atoms in total. The van der Waals surface area contributed by atoms with E-state index in [1.807, 2.05) is 0 Å². The molecular weight excluding hydrogens is 376 g/mol. The maximum Gasteiger partial charge on any atom is 0.101 e. The minimum absolute atomic E-state index is 0.640. The largest absolute Gasteiger partial charge is 0.356 e. The number of hydrogen-bond donors (Lipinski definition) is 0. The van der Waals surface area contributed by atoms with Gasteiger partial charge in [-0.2, -0.15) is 0 Å². The third-order valence-electron chi connectivity index (χ3n) is 7.03. The average molecular weight is 435 g/mol. The van der Waals surface area contributed by atoms with Gasteiger partial charge in [-0.1, -0.05) is 130 Å². The molecule has 0 spiro atoms. The SMILES string of the molecule is CCCCCCCCCCCCCCCCCCCN1C=CN(CCC)C1CCCC. The van der Waals surface area contributed by atoms with Crippen molar-refractivity contribution in [3.05, 3.63) is 12.4 Å². The molecule has 1 unspecified atom stereocenters. The second kappa shape index (κ2) is 21.2. The molecule has 31 heavy (non-hydrogen) atoms. The van der Waals surface area contributed by atoms with E-state index >= 15 is 0 Å². The highest BCUT2D eigenvalue weighted by Crippen LogP contribution is 2.22. The van der Waals surface area contributed by atoms with Gasteiger partial charge in [-0.15, -0.1) is 0 Å². The summed E-state index contributed by atoms with van der Waals surface area (Å²) in [5.74, 6) is 0. The number of rotatable bonds is 23. The number of nitrogens with zero attached hydrogens (tertiary/aromatic N) is 2. The zero-order chi connectivity index (χ0) is 22.4. The van der Waals surface area contributed by atoms with Crippen LogP contribution in [0.15, 0.2) is 12.4 Å². The normalized spacial score (nSPS) is 16.0. The molecular formula is C29H58N2. The molecule has 0 aromatic heterocycles. The first-order valence-electron chi connectivity index (χ1n) is 14.5. The van der Waals surface area contributed by atoms with Crippen molar-refractivity contribution in [2.75, 3.05) is 13.1 Å². The monoisotopic (exact) mass is 434 g/mol. The Morgan fingerprint density at radius 3 is 1.23 bits per heavy atom. The van der Waals surface area contributed by atoms with Crippen molar-refractivity contribution in [1.29, 1.82) is 0 Å². The first-order valence-corrected chi connectivity index (χ1v) is 14.5. The molecule has 0 amide bonds. The van der Waals surface area contributed by atoms with Gasteiger partial charge in [-0.3, -0.25) is 0 Å². The molecule has 184 valence electrons. The summed E-state index contributed by atoms with van der Waals surface area (Å²) in [6.45, 7) is 9.37. The summed E-state index contributed by atoms with van der Waals surface area (Å²) in [5, 5.41) is 0. The first-order chi connectivity index (χ1) is 15.3. The van der Waals surface area contributed by atoms with Crippen LogP contribution in [0.2, 0.25) is 0 Å². The zero-order valence-electron chi connectivity index (χ0n) is 21.9.